The lowest BCUT2D eigenvalue weighted by Gasteiger charge is -2.10. The van der Waals surface area contributed by atoms with Crippen molar-refractivity contribution < 1.29 is 14.0 Å². The number of amides is 1. The standard InChI is InChI=1S/C15H11ClFN3O2/c16-14-11(6-3-7-18-14)19-15(21)13-8-12(20-22-13)9-4-1-2-5-10(9)17/h1-7,13H,8H2,(H,19,21). The summed E-state index contributed by atoms with van der Waals surface area (Å²) in [5.74, 6) is -0.814. The van der Waals surface area contributed by atoms with E-state index in [0.29, 0.717) is 17.0 Å². The van der Waals surface area contributed by atoms with Crippen molar-refractivity contribution in [3.8, 4) is 0 Å². The molecule has 1 aromatic heterocycles. The van der Waals surface area contributed by atoms with E-state index in [1.807, 2.05) is 0 Å². The molecule has 2 heterocycles. The van der Waals surface area contributed by atoms with Gasteiger partial charge in [-0.15, -0.1) is 0 Å². The lowest BCUT2D eigenvalue weighted by molar-refractivity contribution is -0.125. The minimum atomic E-state index is -0.828. The molecule has 1 N–H and O–H groups in total. The minimum absolute atomic E-state index is 0.184. The second-order valence-corrected chi connectivity index (χ2v) is 5.01. The van der Waals surface area contributed by atoms with Crippen molar-refractivity contribution in [3.63, 3.8) is 0 Å². The van der Waals surface area contributed by atoms with Crippen LogP contribution in [0.25, 0.3) is 0 Å². The first-order chi connectivity index (χ1) is 10.6. The molecule has 5 nitrogen and oxygen atoms in total. The van der Waals surface area contributed by atoms with E-state index in [9.17, 15) is 9.18 Å². The summed E-state index contributed by atoms with van der Waals surface area (Å²) in [6.45, 7) is 0. The van der Waals surface area contributed by atoms with Crippen LogP contribution in [-0.2, 0) is 9.63 Å². The molecule has 0 aliphatic carbocycles. The molecule has 1 amide bonds. The highest BCUT2D eigenvalue weighted by molar-refractivity contribution is 6.32. The Bertz CT molecular complexity index is 751. The van der Waals surface area contributed by atoms with E-state index < -0.39 is 17.8 Å². The predicted octanol–water partition coefficient (Wildman–Crippen LogP) is 3.01. The minimum Gasteiger partial charge on any atom is -0.382 e. The Balaban J connectivity index is 1.68. The van der Waals surface area contributed by atoms with Gasteiger partial charge < -0.3 is 10.2 Å². The van der Waals surface area contributed by atoms with Crippen molar-refractivity contribution in [2.24, 2.45) is 5.16 Å². The molecule has 2 aromatic rings. The molecule has 0 radical (unpaired) electrons. The first-order valence-corrected chi connectivity index (χ1v) is 6.92. The summed E-state index contributed by atoms with van der Waals surface area (Å²) in [5, 5.41) is 6.60. The third kappa shape index (κ3) is 2.92. The Kier molecular flexibility index (Phi) is 4.02. The number of oxime groups is 1. The quantitative estimate of drug-likeness (QED) is 0.885. The van der Waals surface area contributed by atoms with E-state index in [2.05, 4.69) is 15.5 Å². The molecule has 1 aliphatic rings. The fourth-order valence-corrected chi connectivity index (χ4v) is 2.23. The van der Waals surface area contributed by atoms with Crippen LogP contribution in [-0.4, -0.2) is 22.7 Å². The largest absolute Gasteiger partial charge is 0.382 e. The average molecular weight is 320 g/mol. The Morgan fingerprint density at radius 3 is 2.91 bits per heavy atom. The third-order valence-corrected chi connectivity index (χ3v) is 3.46. The number of pyridine rings is 1. The number of benzene rings is 1. The van der Waals surface area contributed by atoms with Gasteiger partial charge >= 0.3 is 0 Å². The highest BCUT2D eigenvalue weighted by Crippen LogP contribution is 2.22. The molecule has 7 heteroatoms. The van der Waals surface area contributed by atoms with Crippen LogP contribution >= 0.6 is 11.6 Å². The molecule has 0 bridgehead atoms. The van der Waals surface area contributed by atoms with Gasteiger partial charge in [-0.2, -0.15) is 0 Å². The zero-order valence-corrected chi connectivity index (χ0v) is 12.0. The number of aromatic nitrogens is 1. The van der Waals surface area contributed by atoms with E-state index in [1.165, 1.54) is 12.3 Å². The van der Waals surface area contributed by atoms with Crippen molar-refractivity contribution in [3.05, 3.63) is 59.1 Å². The monoisotopic (exact) mass is 319 g/mol. The number of nitrogens with zero attached hydrogens (tertiary/aromatic N) is 2. The fourth-order valence-electron chi connectivity index (χ4n) is 2.06. The van der Waals surface area contributed by atoms with Crippen LogP contribution in [0, 0.1) is 5.82 Å². The molecule has 0 saturated heterocycles. The Morgan fingerprint density at radius 1 is 1.32 bits per heavy atom. The summed E-state index contributed by atoms with van der Waals surface area (Å²) < 4.78 is 13.7. The number of carbonyl (C=O) groups excluding carboxylic acids is 1. The van der Waals surface area contributed by atoms with Crippen molar-refractivity contribution in [2.45, 2.75) is 12.5 Å². The summed E-state index contributed by atoms with van der Waals surface area (Å²) in [7, 11) is 0. The molecule has 1 aliphatic heterocycles. The molecule has 112 valence electrons. The molecule has 0 spiro atoms. The van der Waals surface area contributed by atoms with Gasteiger partial charge in [0, 0.05) is 18.2 Å². The molecule has 1 unspecified atom stereocenters. The first kappa shape index (κ1) is 14.5. The number of halogens is 2. The van der Waals surface area contributed by atoms with E-state index in [-0.39, 0.29) is 11.6 Å². The van der Waals surface area contributed by atoms with Crippen molar-refractivity contribution in [1.29, 1.82) is 0 Å². The maximum absolute atomic E-state index is 13.7. The number of hydrogen-bond donors (Lipinski definition) is 1. The van der Waals surface area contributed by atoms with Gasteiger partial charge in [-0.3, -0.25) is 4.79 Å². The van der Waals surface area contributed by atoms with E-state index in [4.69, 9.17) is 16.4 Å². The maximum atomic E-state index is 13.7. The number of hydrogen-bond acceptors (Lipinski definition) is 4. The zero-order valence-electron chi connectivity index (χ0n) is 11.3. The van der Waals surface area contributed by atoms with E-state index in [1.54, 1.807) is 30.3 Å². The number of rotatable bonds is 3. The second kappa shape index (κ2) is 6.11. The maximum Gasteiger partial charge on any atom is 0.268 e. The van der Waals surface area contributed by atoms with Crippen LogP contribution in [0.15, 0.2) is 47.8 Å². The lowest BCUT2D eigenvalue weighted by Crippen LogP contribution is -2.28. The van der Waals surface area contributed by atoms with Gasteiger partial charge in [0.15, 0.2) is 5.15 Å². The smallest absolute Gasteiger partial charge is 0.268 e. The normalized spacial score (nSPS) is 16.8. The van der Waals surface area contributed by atoms with E-state index in [0.717, 1.165) is 0 Å². The Morgan fingerprint density at radius 2 is 2.14 bits per heavy atom. The van der Waals surface area contributed by atoms with E-state index >= 15 is 0 Å². The van der Waals surface area contributed by atoms with Crippen LogP contribution in [0.1, 0.15) is 12.0 Å². The zero-order chi connectivity index (χ0) is 15.5. The van der Waals surface area contributed by atoms with Crippen molar-refractivity contribution >= 4 is 28.9 Å². The van der Waals surface area contributed by atoms with Crippen LogP contribution in [0.3, 0.4) is 0 Å². The van der Waals surface area contributed by atoms with Gasteiger partial charge in [-0.1, -0.05) is 35.0 Å². The van der Waals surface area contributed by atoms with Crippen LogP contribution in [0.4, 0.5) is 10.1 Å². The first-order valence-electron chi connectivity index (χ1n) is 6.54. The molecular weight excluding hydrogens is 309 g/mol. The number of nitrogens with one attached hydrogen (secondary N) is 1. The van der Waals surface area contributed by atoms with Gasteiger partial charge in [-0.05, 0) is 18.2 Å². The summed E-state index contributed by atoms with van der Waals surface area (Å²) in [6.07, 6.45) is 0.875. The average Bonchev–Trinajstić information content (AvgIpc) is 3.00. The molecule has 1 aromatic carbocycles. The lowest BCUT2D eigenvalue weighted by atomic mass is 10.0. The van der Waals surface area contributed by atoms with Gasteiger partial charge in [-0.25, -0.2) is 9.37 Å². The van der Waals surface area contributed by atoms with Gasteiger partial charge in [0.05, 0.1) is 11.4 Å². The van der Waals surface area contributed by atoms with Crippen LogP contribution in [0.2, 0.25) is 5.15 Å². The fraction of sp³-hybridized carbons (Fsp3) is 0.133. The Hall–Kier alpha value is -2.47. The number of carbonyl (C=O) groups is 1. The molecule has 0 saturated carbocycles. The van der Waals surface area contributed by atoms with Gasteiger partial charge in [0.2, 0.25) is 6.10 Å². The summed E-state index contributed by atoms with van der Waals surface area (Å²) >= 11 is 5.88. The van der Waals surface area contributed by atoms with Crippen molar-refractivity contribution in [2.75, 3.05) is 5.32 Å². The summed E-state index contributed by atoms with van der Waals surface area (Å²) in [6, 6.07) is 9.49. The molecule has 22 heavy (non-hydrogen) atoms. The van der Waals surface area contributed by atoms with Crippen LogP contribution < -0.4 is 5.32 Å². The molecule has 3 rings (SSSR count). The van der Waals surface area contributed by atoms with Crippen LogP contribution in [0.5, 0.6) is 0 Å². The Labute approximate surface area is 130 Å². The number of anilines is 1. The molecular formula is C15H11ClFN3O2. The summed E-state index contributed by atoms with van der Waals surface area (Å²) in [4.78, 5) is 21.1. The predicted molar refractivity (Wildman–Crippen MR) is 80.3 cm³/mol. The molecule has 1 atom stereocenters. The SMILES string of the molecule is O=C(Nc1cccnc1Cl)C1CC(c2ccccc2F)=NO1. The van der Waals surface area contributed by atoms with Gasteiger partial charge in [0.1, 0.15) is 5.82 Å². The highest BCUT2D eigenvalue weighted by Gasteiger charge is 2.30. The highest BCUT2D eigenvalue weighted by atomic mass is 35.5. The molecule has 0 fully saturated rings. The van der Waals surface area contributed by atoms with Gasteiger partial charge in [0.25, 0.3) is 5.91 Å². The summed E-state index contributed by atoms with van der Waals surface area (Å²) in [5.41, 5.74) is 1.12. The third-order valence-electron chi connectivity index (χ3n) is 3.16. The van der Waals surface area contributed by atoms with Crippen molar-refractivity contribution in [1.82, 2.24) is 4.98 Å². The second-order valence-electron chi connectivity index (χ2n) is 4.65. The topological polar surface area (TPSA) is 63.6 Å².